The topological polar surface area (TPSA) is 29.5 Å². The monoisotopic (exact) mass is 239 g/mol. The van der Waals surface area contributed by atoms with Crippen LogP contribution in [-0.2, 0) is 0 Å². The maximum absolute atomic E-state index is 13.6. The molecule has 0 saturated carbocycles. The Morgan fingerprint density at radius 1 is 1.29 bits per heavy atom. The highest BCUT2D eigenvalue weighted by Gasteiger charge is 2.14. The lowest BCUT2D eigenvalue weighted by Gasteiger charge is -2.18. The minimum atomic E-state index is -0.496. The van der Waals surface area contributed by atoms with Crippen LogP contribution in [0.4, 0.5) is 4.39 Å². The third kappa shape index (κ3) is 3.19. The summed E-state index contributed by atoms with van der Waals surface area (Å²) in [5.41, 5.74) is 0.356. The van der Waals surface area contributed by atoms with E-state index in [9.17, 15) is 9.18 Å². The average molecular weight is 239 g/mol. The van der Waals surface area contributed by atoms with Gasteiger partial charge in [0.05, 0.1) is 6.61 Å². The van der Waals surface area contributed by atoms with Crippen molar-refractivity contribution >= 4 is 5.91 Å². The van der Waals surface area contributed by atoms with Gasteiger partial charge in [-0.2, -0.15) is 0 Å². The van der Waals surface area contributed by atoms with Crippen molar-refractivity contribution < 1.29 is 13.9 Å². The van der Waals surface area contributed by atoms with Crippen molar-refractivity contribution in [3.63, 3.8) is 0 Å². The van der Waals surface area contributed by atoms with Gasteiger partial charge in [0, 0.05) is 18.7 Å². The summed E-state index contributed by atoms with van der Waals surface area (Å²) in [7, 11) is 0. The molecule has 0 saturated heterocycles. The molecular weight excluding hydrogens is 221 g/mol. The summed E-state index contributed by atoms with van der Waals surface area (Å²) in [5.74, 6) is -0.467. The molecule has 0 aromatic heterocycles. The lowest BCUT2D eigenvalue weighted by Crippen LogP contribution is -2.30. The Labute approximate surface area is 101 Å². The second-order valence-corrected chi connectivity index (χ2v) is 3.56. The molecule has 0 aliphatic heterocycles. The molecule has 4 heteroatoms. The maximum Gasteiger partial charge on any atom is 0.253 e. The van der Waals surface area contributed by atoms with E-state index in [1.165, 1.54) is 12.1 Å². The van der Waals surface area contributed by atoms with Gasteiger partial charge in [0.1, 0.15) is 0 Å². The van der Waals surface area contributed by atoms with Crippen LogP contribution in [-0.4, -0.2) is 30.5 Å². The zero-order valence-electron chi connectivity index (χ0n) is 10.5. The van der Waals surface area contributed by atoms with Crippen LogP contribution < -0.4 is 4.74 Å². The van der Waals surface area contributed by atoms with Gasteiger partial charge in [-0.1, -0.05) is 0 Å². The molecule has 1 rings (SSSR count). The van der Waals surface area contributed by atoms with Crippen molar-refractivity contribution in [3.8, 4) is 5.75 Å². The molecule has 0 fully saturated rings. The quantitative estimate of drug-likeness (QED) is 0.790. The highest BCUT2D eigenvalue weighted by atomic mass is 19.1. The van der Waals surface area contributed by atoms with E-state index in [4.69, 9.17) is 4.74 Å². The fourth-order valence-electron chi connectivity index (χ4n) is 1.60. The molecule has 0 heterocycles. The second kappa shape index (κ2) is 6.23. The van der Waals surface area contributed by atoms with Crippen molar-refractivity contribution in [3.05, 3.63) is 29.6 Å². The maximum atomic E-state index is 13.6. The van der Waals surface area contributed by atoms with Crippen LogP contribution in [0.3, 0.4) is 0 Å². The van der Waals surface area contributed by atoms with E-state index in [0.29, 0.717) is 25.3 Å². The van der Waals surface area contributed by atoms with Crippen LogP contribution in [0.15, 0.2) is 18.2 Å². The van der Waals surface area contributed by atoms with E-state index in [-0.39, 0.29) is 11.7 Å². The van der Waals surface area contributed by atoms with E-state index in [2.05, 4.69) is 0 Å². The summed E-state index contributed by atoms with van der Waals surface area (Å²) in [6, 6.07) is 4.32. The van der Waals surface area contributed by atoms with Gasteiger partial charge < -0.3 is 9.64 Å². The number of hydrogen-bond donors (Lipinski definition) is 0. The van der Waals surface area contributed by atoms with Crippen molar-refractivity contribution in [2.24, 2.45) is 0 Å². The Hall–Kier alpha value is -1.58. The number of halogens is 1. The molecule has 0 unspecified atom stereocenters. The predicted molar refractivity (Wildman–Crippen MR) is 64.8 cm³/mol. The zero-order valence-corrected chi connectivity index (χ0v) is 10.5. The van der Waals surface area contributed by atoms with Crippen LogP contribution >= 0.6 is 0 Å². The predicted octanol–water partition coefficient (Wildman–Crippen LogP) is 2.71. The molecular formula is C13H18FNO2. The summed E-state index contributed by atoms with van der Waals surface area (Å²) < 4.78 is 18.7. The van der Waals surface area contributed by atoms with Crippen LogP contribution in [0.1, 0.15) is 31.1 Å². The first-order chi connectivity index (χ1) is 8.13. The molecule has 17 heavy (non-hydrogen) atoms. The lowest BCUT2D eigenvalue weighted by molar-refractivity contribution is 0.0772. The standard InChI is InChI=1S/C13H18FNO2/c1-4-15(5-2)13(16)10-7-8-12(17-6-3)11(14)9-10/h7-9H,4-6H2,1-3H3. The first kappa shape index (κ1) is 13.5. The number of carbonyl (C=O) groups is 1. The number of hydrogen-bond acceptors (Lipinski definition) is 2. The molecule has 0 radical (unpaired) electrons. The van der Waals surface area contributed by atoms with Gasteiger partial charge in [0.2, 0.25) is 0 Å². The molecule has 3 nitrogen and oxygen atoms in total. The highest BCUT2D eigenvalue weighted by molar-refractivity contribution is 5.94. The largest absolute Gasteiger partial charge is 0.491 e. The van der Waals surface area contributed by atoms with E-state index in [1.54, 1.807) is 17.9 Å². The summed E-state index contributed by atoms with van der Waals surface area (Å²) in [6.07, 6.45) is 0. The molecule has 1 aromatic rings. The van der Waals surface area contributed by atoms with Crippen LogP contribution in [0.5, 0.6) is 5.75 Å². The van der Waals surface area contributed by atoms with E-state index >= 15 is 0 Å². The number of ether oxygens (including phenoxy) is 1. The smallest absolute Gasteiger partial charge is 0.253 e. The van der Waals surface area contributed by atoms with Crippen molar-refractivity contribution in [2.45, 2.75) is 20.8 Å². The Morgan fingerprint density at radius 3 is 2.41 bits per heavy atom. The minimum absolute atomic E-state index is 0.156. The summed E-state index contributed by atoms with van der Waals surface area (Å²) in [5, 5.41) is 0. The molecule has 94 valence electrons. The number of nitrogens with zero attached hydrogens (tertiary/aromatic N) is 1. The molecule has 1 aromatic carbocycles. The minimum Gasteiger partial charge on any atom is -0.491 e. The Bertz CT molecular complexity index is 389. The molecule has 0 aliphatic rings. The second-order valence-electron chi connectivity index (χ2n) is 3.56. The molecule has 0 N–H and O–H groups in total. The Kier molecular flexibility index (Phi) is 4.94. The first-order valence-corrected chi connectivity index (χ1v) is 5.85. The van der Waals surface area contributed by atoms with Crippen LogP contribution in [0.2, 0.25) is 0 Å². The number of benzene rings is 1. The molecule has 0 aliphatic carbocycles. The Balaban J connectivity index is 2.93. The third-order valence-corrected chi connectivity index (χ3v) is 2.53. The summed E-state index contributed by atoms with van der Waals surface area (Å²) in [4.78, 5) is 13.6. The number of amides is 1. The van der Waals surface area contributed by atoms with Crippen molar-refractivity contribution in [1.29, 1.82) is 0 Å². The number of carbonyl (C=O) groups excluding carboxylic acids is 1. The van der Waals surface area contributed by atoms with E-state index in [1.807, 2.05) is 13.8 Å². The fourth-order valence-corrected chi connectivity index (χ4v) is 1.60. The van der Waals surface area contributed by atoms with Crippen molar-refractivity contribution in [1.82, 2.24) is 4.90 Å². The lowest BCUT2D eigenvalue weighted by atomic mass is 10.2. The molecule has 0 spiro atoms. The molecule has 0 bridgehead atoms. The summed E-state index contributed by atoms with van der Waals surface area (Å²) >= 11 is 0. The summed E-state index contributed by atoms with van der Waals surface area (Å²) in [6.45, 7) is 7.21. The molecule has 0 atom stereocenters. The van der Waals surface area contributed by atoms with Gasteiger partial charge in [-0.3, -0.25) is 4.79 Å². The van der Waals surface area contributed by atoms with E-state index in [0.717, 1.165) is 0 Å². The normalized spacial score (nSPS) is 10.1. The van der Waals surface area contributed by atoms with Gasteiger partial charge in [0.25, 0.3) is 5.91 Å². The SMILES string of the molecule is CCOc1ccc(C(=O)N(CC)CC)cc1F. The average Bonchev–Trinajstić information content (AvgIpc) is 2.33. The van der Waals surface area contributed by atoms with Gasteiger partial charge in [0.15, 0.2) is 11.6 Å². The van der Waals surface area contributed by atoms with Crippen LogP contribution in [0.25, 0.3) is 0 Å². The van der Waals surface area contributed by atoms with E-state index < -0.39 is 5.82 Å². The molecule has 1 amide bonds. The third-order valence-electron chi connectivity index (χ3n) is 2.53. The van der Waals surface area contributed by atoms with Crippen LogP contribution in [0, 0.1) is 5.82 Å². The first-order valence-electron chi connectivity index (χ1n) is 5.85. The Morgan fingerprint density at radius 2 is 1.94 bits per heavy atom. The zero-order chi connectivity index (χ0) is 12.8. The van der Waals surface area contributed by atoms with Gasteiger partial charge in [-0.25, -0.2) is 4.39 Å². The van der Waals surface area contributed by atoms with Gasteiger partial charge in [-0.15, -0.1) is 0 Å². The van der Waals surface area contributed by atoms with Crippen molar-refractivity contribution in [2.75, 3.05) is 19.7 Å². The highest BCUT2D eigenvalue weighted by Crippen LogP contribution is 2.19. The fraction of sp³-hybridized carbons (Fsp3) is 0.462. The number of rotatable bonds is 5. The van der Waals surface area contributed by atoms with Gasteiger partial charge in [-0.05, 0) is 39.0 Å². The van der Waals surface area contributed by atoms with Gasteiger partial charge >= 0.3 is 0 Å².